The second-order valence-corrected chi connectivity index (χ2v) is 2.06. The monoisotopic (exact) mass is 301 g/mol. The van der Waals surface area contributed by atoms with Gasteiger partial charge in [0.25, 0.3) is 0 Å². The van der Waals surface area contributed by atoms with Crippen LogP contribution in [0.3, 0.4) is 0 Å². The van der Waals surface area contributed by atoms with Crippen LogP contribution >= 0.6 is 0 Å². The molecule has 6 nitrogen and oxygen atoms in total. The van der Waals surface area contributed by atoms with Crippen molar-refractivity contribution in [3.63, 3.8) is 0 Å². The molecular weight excluding hydrogens is 301 g/mol. The molecular formula is CuKLiO6Ti2. The van der Waals surface area contributed by atoms with Gasteiger partial charge >= 0.3 is 146 Å². The van der Waals surface area contributed by atoms with Crippen molar-refractivity contribution in [2.75, 3.05) is 0 Å². The second kappa shape index (κ2) is 23.4. The zero-order chi connectivity index (χ0) is 7.15. The van der Waals surface area contributed by atoms with Gasteiger partial charge in [-0.3, -0.25) is 0 Å². The summed E-state index contributed by atoms with van der Waals surface area (Å²) in [6.45, 7) is 0. The van der Waals surface area contributed by atoms with Crippen LogP contribution < -0.4 is 85.0 Å². The van der Waals surface area contributed by atoms with Gasteiger partial charge in [0.1, 0.15) is 0 Å². The van der Waals surface area contributed by atoms with E-state index in [0.717, 1.165) is 0 Å². The Balaban J connectivity index is -0.0000000171. The van der Waals surface area contributed by atoms with E-state index in [4.69, 9.17) is 21.4 Å². The van der Waals surface area contributed by atoms with Crippen molar-refractivity contribution in [1.82, 2.24) is 0 Å². The summed E-state index contributed by atoms with van der Waals surface area (Å²) in [5.41, 5.74) is 0. The Hall–Kier alpha value is 3.62. The fourth-order valence-corrected chi connectivity index (χ4v) is 0. The van der Waals surface area contributed by atoms with Gasteiger partial charge in [-0.05, 0) is 0 Å². The summed E-state index contributed by atoms with van der Waals surface area (Å²) in [6.07, 6.45) is 0. The Morgan fingerprint density at radius 2 is 0.818 bits per heavy atom. The van der Waals surface area contributed by atoms with Crippen LogP contribution in [0.4, 0.5) is 0 Å². The Morgan fingerprint density at radius 1 is 0.818 bits per heavy atom. The molecule has 0 aromatic rings. The fraction of sp³-hybridized carbons (Fsp3) is 0. The molecule has 0 spiro atoms. The third-order valence-corrected chi connectivity index (χ3v) is 0. The molecule has 0 N–H and O–H groups in total. The summed E-state index contributed by atoms with van der Waals surface area (Å²) in [7, 11) is 0. The van der Waals surface area contributed by atoms with Gasteiger partial charge < -0.3 is 0 Å². The third kappa shape index (κ3) is 140. The van der Waals surface area contributed by atoms with Gasteiger partial charge in [0.2, 0.25) is 0 Å². The Bertz CT molecular complexity index is 78.6. The van der Waals surface area contributed by atoms with E-state index < -0.39 is 37.2 Å². The molecule has 0 saturated heterocycles. The van der Waals surface area contributed by atoms with E-state index in [1.54, 1.807) is 0 Å². The summed E-state index contributed by atoms with van der Waals surface area (Å²) in [6, 6.07) is 0. The summed E-state index contributed by atoms with van der Waals surface area (Å²) in [5.74, 6) is 0. The Labute approximate surface area is 142 Å². The predicted octanol–water partition coefficient (Wildman–Crippen LogP) is -11.0. The summed E-state index contributed by atoms with van der Waals surface area (Å²) in [5, 5.41) is 0. The van der Waals surface area contributed by atoms with Crippen LogP contribution in [0.15, 0.2) is 0 Å². The minimum absolute atomic E-state index is 0. The molecule has 0 aromatic heterocycles. The molecule has 0 bridgehead atoms. The van der Waals surface area contributed by atoms with E-state index in [2.05, 4.69) is 0 Å². The number of rotatable bonds is 0. The van der Waals surface area contributed by atoms with Crippen LogP contribution in [0, 0.1) is 0 Å². The third-order valence-electron chi connectivity index (χ3n) is 0. The van der Waals surface area contributed by atoms with E-state index in [-0.39, 0.29) is 87.3 Å². The molecule has 0 fully saturated rings. The summed E-state index contributed by atoms with van der Waals surface area (Å²) < 4.78 is 51.5. The van der Waals surface area contributed by atoms with Crippen molar-refractivity contribution < 1.29 is 146 Å². The standard InChI is InChI=1S/Cu.K.Li.6O.2Ti/q+2;2*+1;;;4*-1;;. The molecule has 0 saturated carbocycles. The average molecular weight is 301 g/mol. The molecule has 1 radical (unpaired) electrons. The first-order chi connectivity index (χ1) is 3.46. The molecule has 11 heteroatoms. The van der Waals surface area contributed by atoms with Gasteiger partial charge in [0.05, 0.1) is 0 Å². The van der Waals surface area contributed by atoms with Crippen LogP contribution in [0.25, 0.3) is 0 Å². The molecule has 0 atom stereocenters. The van der Waals surface area contributed by atoms with Crippen LogP contribution in [0.5, 0.6) is 0 Å². The Morgan fingerprint density at radius 3 is 0.818 bits per heavy atom. The molecule has 0 amide bonds. The Kier molecular flexibility index (Phi) is 62.4. The molecule has 0 aliphatic heterocycles. The van der Waals surface area contributed by atoms with E-state index in [1.165, 1.54) is 0 Å². The normalized spacial score (nSPS) is 4.73. The van der Waals surface area contributed by atoms with Crippen molar-refractivity contribution >= 4 is 0 Å². The van der Waals surface area contributed by atoms with Gasteiger partial charge in [-0.25, -0.2) is 0 Å². The van der Waals surface area contributed by atoms with Crippen molar-refractivity contribution in [2.45, 2.75) is 0 Å². The quantitative estimate of drug-likeness (QED) is 0.409. The second-order valence-electron chi connectivity index (χ2n) is 0.500. The number of hydrogen-bond donors (Lipinski definition) is 0. The fourth-order valence-electron chi connectivity index (χ4n) is 0. The van der Waals surface area contributed by atoms with E-state index in [0.29, 0.717) is 0 Å². The van der Waals surface area contributed by atoms with Gasteiger partial charge in [0.15, 0.2) is 0 Å². The summed E-state index contributed by atoms with van der Waals surface area (Å²) >= 11 is -8.17. The minimum atomic E-state index is -4.08. The molecule has 57 valence electrons. The average Bonchev–Trinajstić information content (AvgIpc) is 1.25. The van der Waals surface area contributed by atoms with E-state index >= 15 is 0 Å². The zero-order valence-electron chi connectivity index (χ0n) is 5.75. The summed E-state index contributed by atoms with van der Waals surface area (Å²) in [4.78, 5) is 0. The van der Waals surface area contributed by atoms with E-state index in [9.17, 15) is 0 Å². The SMILES string of the molecule is [Cu+2].[K+].[Li+].[O]=[Ti]([O-])[O-].[O]=[Ti]([O-])[O-]. The van der Waals surface area contributed by atoms with Crippen molar-refractivity contribution in [1.29, 1.82) is 0 Å². The van der Waals surface area contributed by atoms with Crippen LogP contribution in [0.1, 0.15) is 0 Å². The topological polar surface area (TPSA) is 126 Å². The first kappa shape index (κ1) is 29.3. The molecule has 0 aliphatic rings. The van der Waals surface area contributed by atoms with Crippen LogP contribution in [-0.2, 0) is 61.0 Å². The van der Waals surface area contributed by atoms with Crippen molar-refractivity contribution in [2.24, 2.45) is 0 Å². The molecule has 11 heavy (non-hydrogen) atoms. The van der Waals surface area contributed by atoms with Crippen LogP contribution in [-0.4, -0.2) is 0 Å². The molecule has 0 aromatic carbocycles. The predicted molar refractivity (Wildman–Crippen MR) is 1.37 cm³/mol. The molecule has 0 heterocycles. The van der Waals surface area contributed by atoms with Gasteiger partial charge in [-0.2, -0.15) is 0 Å². The first-order valence-corrected chi connectivity index (χ1v) is 5.05. The zero-order valence-corrected chi connectivity index (χ0v) is 12.9. The maximum absolute atomic E-state index is 8.58. The maximum atomic E-state index is 8.58. The van der Waals surface area contributed by atoms with Crippen molar-refractivity contribution in [3.8, 4) is 0 Å². The van der Waals surface area contributed by atoms with Crippen molar-refractivity contribution in [3.05, 3.63) is 0 Å². The van der Waals surface area contributed by atoms with Crippen LogP contribution in [0.2, 0.25) is 0 Å². The van der Waals surface area contributed by atoms with E-state index in [1.807, 2.05) is 0 Å². The van der Waals surface area contributed by atoms with Gasteiger partial charge in [0, 0.05) is 0 Å². The molecule has 0 unspecified atom stereocenters. The first-order valence-electron chi connectivity index (χ1n) is 1.22. The molecule has 0 rings (SSSR count). The number of hydrogen-bond acceptors (Lipinski definition) is 6. The molecule has 0 aliphatic carbocycles. The van der Waals surface area contributed by atoms with Gasteiger partial charge in [-0.15, -0.1) is 0 Å². The van der Waals surface area contributed by atoms with Gasteiger partial charge in [-0.1, -0.05) is 0 Å².